The lowest BCUT2D eigenvalue weighted by Gasteiger charge is -2.19. The Morgan fingerprint density at radius 1 is 0.487 bits per heavy atom. The molecule has 0 amide bonds. The third-order valence-corrected chi connectivity index (χ3v) is 7.14. The highest BCUT2D eigenvalue weighted by Gasteiger charge is 2.32. The molecule has 4 N–H and O–H groups in total. The number of rotatable bonds is 10. The molecular formula is C32H38N2O5. The van der Waals surface area contributed by atoms with E-state index in [0.29, 0.717) is 35.9 Å². The molecule has 2 unspecified atom stereocenters. The smallest absolute Gasteiger partial charge is 0.170 e. The van der Waals surface area contributed by atoms with Gasteiger partial charge in [-0.1, -0.05) is 0 Å². The topological polar surface area (TPSA) is 118 Å². The Hall–Kier alpha value is -3.68. The second kappa shape index (κ2) is 10.1. The third kappa shape index (κ3) is 5.42. The van der Waals surface area contributed by atoms with E-state index < -0.39 is 10.8 Å². The van der Waals surface area contributed by atoms with E-state index in [2.05, 4.69) is 27.7 Å². The molecule has 0 aliphatic heterocycles. The normalized spacial score (nSPS) is 14.2. The Morgan fingerprint density at radius 2 is 0.795 bits per heavy atom. The van der Waals surface area contributed by atoms with Crippen LogP contribution < -0.4 is 11.5 Å². The van der Waals surface area contributed by atoms with E-state index in [1.807, 2.05) is 74.5 Å². The first-order valence-corrected chi connectivity index (χ1v) is 13.4. The highest BCUT2D eigenvalue weighted by atomic mass is 16.4. The maximum Gasteiger partial charge on any atom is 0.170 e. The SMILES string of the molecule is CC(N)Cc1ccc(C(C)(C)c2ccc(-c3ccc(-c4ccc(C(C)(C)c5ccc(CC(C)N)o5)o4)o3)o2)o1. The molecule has 0 aromatic carbocycles. The molecule has 39 heavy (non-hydrogen) atoms. The summed E-state index contributed by atoms with van der Waals surface area (Å²) >= 11 is 0. The van der Waals surface area contributed by atoms with Gasteiger partial charge in [-0.05, 0) is 102 Å². The van der Waals surface area contributed by atoms with E-state index in [4.69, 9.17) is 33.6 Å². The molecule has 0 fully saturated rings. The van der Waals surface area contributed by atoms with Gasteiger partial charge in [0.2, 0.25) is 0 Å². The molecule has 0 bridgehead atoms. The second-order valence-electron chi connectivity index (χ2n) is 11.6. The molecule has 0 aliphatic carbocycles. The summed E-state index contributed by atoms with van der Waals surface area (Å²) in [7, 11) is 0. The zero-order valence-electron chi connectivity index (χ0n) is 23.5. The molecule has 5 aromatic heterocycles. The van der Waals surface area contributed by atoms with Crippen molar-refractivity contribution >= 4 is 0 Å². The number of hydrogen-bond donors (Lipinski definition) is 2. The summed E-state index contributed by atoms with van der Waals surface area (Å²) in [4.78, 5) is 0. The summed E-state index contributed by atoms with van der Waals surface area (Å²) < 4.78 is 30.8. The molecule has 7 nitrogen and oxygen atoms in total. The van der Waals surface area contributed by atoms with Crippen LogP contribution in [0.5, 0.6) is 0 Å². The Bertz CT molecular complexity index is 1420. The summed E-state index contributed by atoms with van der Waals surface area (Å²) in [5, 5.41) is 0. The lowest BCUT2D eigenvalue weighted by molar-refractivity contribution is 0.348. The maximum atomic E-state index is 6.25. The van der Waals surface area contributed by atoms with E-state index >= 15 is 0 Å². The van der Waals surface area contributed by atoms with Crippen molar-refractivity contribution in [3.05, 3.63) is 95.2 Å². The lowest BCUT2D eigenvalue weighted by atomic mass is 9.87. The summed E-state index contributed by atoms with van der Waals surface area (Å²) in [6.07, 6.45) is 1.38. The lowest BCUT2D eigenvalue weighted by Crippen LogP contribution is -2.18. The van der Waals surface area contributed by atoms with Gasteiger partial charge in [0.15, 0.2) is 23.0 Å². The summed E-state index contributed by atoms with van der Waals surface area (Å²) in [5.41, 5.74) is 10.9. The maximum absolute atomic E-state index is 6.25. The van der Waals surface area contributed by atoms with Crippen LogP contribution in [0.15, 0.2) is 82.7 Å². The fourth-order valence-corrected chi connectivity index (χ4v) is 4.74. The van der Waals surface area contributed by atoms with Gasteiger partial charge in [-0.2, -0.15) is 0 Å². The Labute approximate surface area is 229 Å². The van der Waals surface area contributed by atoms with Crippen LogP contribution in [0, 0.1) is 0 Å². The van der Waals surface area contributed by atoms with E-state index in [9.17, 15) is 0 Å². The first-order valence-electron chi connectivity index (χ1n) is 13.4. The van der Waals surface area contributed by atoms with Gasteiger partial charge in [-0.3, -0.25) is 0 Å². The molecule has 2 atom stereocenters. The van der Waals surface area contributed by atoms with Crippen molar-refractivity contribution in [2.24, 2.45) is 11.5 Å². The molecule has 5 rings (SSSR count). The van der Waals surface area contributed by atoms with Crippen molar-refractivity contribution in [1.82, 2.24) is 0 Å². The predicted molar refractivity (Wildman–Crippen MR) is 150 cm³/mol. The minimum absolute atomic E-state index is 0.0371. The van der Waals surface area contributed by atoms with E-state index in [-0.39, 0.29) is 12.1 Å². The van der Waals surface area contributed by atoms with Gasteiger partial charge < -0.3 is 33.6 Å². The quantitative estimate of drug-likeness (QED) is 0.193. The fraction of sp³-hybridized carbons (Fsp3) is 0.375. The molecule has 0 saturated heterocycles. The fourth-order valence-electron chi connectivity index (χ4n) is 4.74. The van der Waals surface area contributed by atoms with Crippen molar-refractivity contribution in [2.45, 2.75) is 77.3 Å². The van der Waals surface area contributed by atoms with Gasteiger partial charge in [-0.15, -0.1) is 0 Å². The van der Waals surface area contributed by atoms with E-state index in [0.717, 1.165) is 34.6 Å². The van der Waals surface area contributed by atoms with Crippen molar-refractivity contribution in [1.29, 1.82) is 0 Å². The molecule has 5 heterocycles. The minimum Gasteiger partial charge on any atom is -0.465 e. The van der Waals surface area contributed by atoms with Crippen molar-refractivity contribution in [3.8, 4) is 23.0 Å². The highest BCUT2D eigenvalue weighted by molar-refractivity contribution is 5.59. The van der Waals surface area contributed by atoms with Gasteiger partial charge in [0, 0.05) is 24.9 Å². The van der Waals surface area contributed by atoms with Crippen molar-refractivity contribution in [3.63, 3.8) is 0 Å². The Kier molecular flexibility index (Phi) is 6.99. The molecule has 0 spiro atoms. The van der Waals surface area contributed by atoms with Crippen LogP contribution in [0.3, 0.4) is 0 Å². The average molecular weight is 531 g/mol. The van der Waals surface area contributed by atoms with Gasteiger partial charge in [0.05, 0.1) is 10.8 Å². The zero-order chi connectivity index (χ0) is 27.9. The van der Waals surface area contributed by atoms with E-state index in [1.165, 1.54) is 0 Å². The second-order valence-corrected chi connectivity index (χ2v) is 11.6. The predicted octanol–water partition coefficient (Wildman–Crippen LogP) is 7.42. The monoisotopic (exact) mass is 530 g/mol. The van der Waals surface area contributed by atoms with Crippen LogP contribution >= 0.6 is 0 Å². The van der Waals surface area contributed by atoms with Crippen LogP contribution in [0.1, 0.15) is 76.1 Å². The summed E-state index contributed by atoms with van der Waals surface area (Å²) in [6, 6.07) is 19.5. The Morgan fingerprint density at radius 3 is 1.18 bits per heavy atom. The molecule has 0 aliphatic rings. The summed E-state index contributed by atoms with van der Waals surface area (Å²) in [6.45, 7) is 12.2. The van der Waals surface area contributed by atoms with Crippen molar-refractivity contribution in [2.75, 3.05) is 0 Å². The third-order valence-electron chi connectivity index (χ3n) is 7.14. The molecule has 5 aromatic rings. The van der Waals surface area contributed by atoms with Gasteiger partial charge in [-0.25, -0.2) is 0 Å². The molecule has 206 valence electrons. The van der Waals surface area contributed by atoms with Crippen LogP contribution in [-0.2, 0) is 23.7 Å². The van der Waals surface area contributed by atoms with E-state index in [1.54, 1.807) is 0 Å². The standard InChI is InChI=1S/C32H38N2O5/c1-19(33)17-21-7-13-27(35-21)31(3,4)29-15-11-25(38-29)23-9-10-24(37-23)26-12-16-30(39-26)32(5,6)28-14-8-22(36-28)18-20(2)34/h7-16,19-20H,17-18,33-34H2,1-6H3. The molecule has 0 saturated carbocycles. The first-order chi connectivity index (χ1) is 18.4. The molecular weight excluding hydrogens is 492 g/mol. The van der Waals surface area contributed by atoms with Crippen LogP contribution in [0.2, 0.25) is 0 Å². The largest absolute Gasteiger partial charge is 0.465 e. The van der Waals surface area contributed by atoms with Gasteiger partial charge >= 0.3 is 0 Å². The van der Waals surface area contributed by atoms with Crippen molar-refractivity contribution < 1.29 is 22.1 Å². The first kappa shape index (κ1) is 26.9. The zero-order valence-corrected chi connectivity index (χ0v) is 23.5. The highest BCUT2D eigenvalue weighted by Crippen LogP contribution is 2.39. The number of furan rings is 5. The van der Waals surface area contributed by atoms with Crippen LogP contribution in [0.25, 0.3) is 23.0 Å². The van der Waals surface area contributed by atoms with Gasteiger partial charge in [0.25, 0.3) is 0 Å². The summed E-state index contributed by atoms with van der Waals surface area (Å²) in [5.74, 6) is 7.45. The van der Waals surface area contributed by atoms with Crippen LogP contribution in [0.4, 0.5) is 0 Å². The minimum atomic E-state index is -0.459. The van der Waals surface area contributed by atoms with Gasteiger partial charge in [0.1, 0.15) is 34.6 Å². The number of nitrogens with two attached hydrogens (primary N) is 2. The van der Waals surface area contributed by atoms with Crippen LogP contribution in [-0.4, -0.2) is 12.1 Å². The Balaban J connectivity index is 1.33. The average Bonchev–Trinajstić information content (AvgIpc) is 3.67. The number of hydrogen-bond acceptors (Lipinski definition) is 7. The molecule has 7 heteroatoms. The molecule has 0 radical (unpaired) electrons.